The minimum atomic E-state index is -5.08. The number of nitrogen functional groups attached to an aromatic ring is 1. The Morgan fingerprint density at radius 2 is 1.69 bits per heavy atom. The molecule has 4 aromatic rings. The third-order valence-corrected chi connectivity index (χ3v) is 6.43. The van der Waals surface area contributed by atoms with Gasteiger partial charge in [0.1, 0.15) is 11.9 Å². The Balaban J connectivity index is 0.000000804. The zero-order valence-electron chi connectivity index (χ0n) is 25.7. The van der Waals surface area contributed by atoms with Gasteiger partial charge < -0.3 is 36.3 Å². The first-order chi connectivity index (χ1) is 22.5. The number of aliphatic carboxylic acids is 1. The van der Waals surface area contributed by atoms with Crippen molar-refractivity contribution < 1.29 is 42.1 Å². The number of ether oxygens (including phenoxy) is 2. The second kappa shape index (κ2) is 15.3. The van der Waals surface area contributed by atoms with Crippen LogP contribution in [0.2, 0.25) is 0 Å². The van der Waals surface area contributed by atoms with Crippen LogP contribution in [0.1, 0.15) is 33.4 Å². The molecule has 0 aliphatic rings. The highest BCUT2D eigenvalue weighted by atomic mass is 19.4. The number of benzene rings is 3. The number of nitrogens with one attached hydrogen (secondary N) is 3. The van der Waals surface area contributed by atoms with Crippen molar-refractivity contribution in [2.24, 2.45) is 11.5 Å². The molecule has 48 heavy (non-hydrogen) atoms. The number of carbonyl (C=O) groups is 3. The van der Waals surface area contributed by atoms with Crippen LogP contribution in [0.3, 0.4) is 0 Å². The van der Waals surface area contributed by atoms with Gasteiger partial charge in [-0.3, -0.25) is 20.0 Å². The number of anilines is 1. The summed E-state index contributed by atoms with van der Waals surface area (Å²) in [6.07, 6.45) is -5.08. The lowest BCUT2D eigenvalue weighted by molar-refractivity contribution is -0.192. The van der Waals surface area contributed by atoms with E-state index in [1.54, 1.807) is 74.8 Å². The number of methoxy groups -OCH3 is 1. The predicted octanol–water partition coefficient (Wildman–Crippen LogP) is 2.25. The minimum absolute atomic E-state index is 0.0719. The van der Waals surface area contributed by atoms with Crippen LogP contribution >= 0.6 is 0 Å². The standard InChI is InChI=1S/C28H30N8O5.C2HF3O2/c1-35(2)23(37)15-41-21-13-10-17(14-22(21)40-3)24(32-18-11-8-16(9-12-18)25(29)30)27-33-28(39)36(34-27)20-7-5-4-6-19(20)26(31)38;3-2(4,5)1(6)7/h4-14,24,32H,15H2,1-3H3,(H3,29,30)(H2,31,38)(H,33,34,39);(H,6,7). The Morgan fingerprint density at radius 3 is 2.23 bits per heavy atom. The Labute approximate surface area is 270 Å². The Bertz CT molecular complexity index is 1850. The number of carboxylic acids is 1. The monoisotopic (exact) mass is 672 g/mol. The van der Waals surface area contributed by atoms with Crippen molar-refractivity contribution in [2.75, 3.05) is 33.1 Å². The number of carbonyl (C=O) groups excluding carboxylic acids is 2. The number of nitrogens with two attached hydrogens (primary N) is 2. The zero-order chi connectivity index (χ0) is 35.8. The van der Waals surface area contributed by atoms with E-state index in [-0.39, 0.29) is 35.4 Å². The molecule has 4 rings (SSSR count). The molecule has 0 spiro atoms. The molecule has 3 aromatic carbocycles. The number of aromatic nitrogens is 3. The van der Waals surface area contributed by atoms with Gasteiger partial charge in [-0.1, -0.05) is 18.2 Å². The van der Waals surface area contributed by atoms with E-state index < -0.39 is 29.8 Å². The summed E-state index contributed by atoms with van der Waals surface area (Å²) >= 11 is 0. The van der Waals surface area contributed by atoms with E-state index >= 15 is 0 Å². The third-order valence-electron chi connectivity index (χ3n) is 6.43. The molecule has 8 N–H and O–H groups in total. The smallest absolute Gasteiger partial charge is 0.490 e. The molecular formula is C30H31F3N8O7. The molecule has 2 amide bonds. The van der Waals surface area contributed by atoms with Gasteiger partial charge in [0.15, 0.2) is 23.9 Å². The molecule has 1 atom stereocenters. The van der Waals surface area contributed by atoms with E-state index in [0.717, 1.165) is 4.68 Å². The van der Waals surface area contributed by atoms with Crippen molar-refractivity contribution in [2.45, 2.75) is 12.2 Å². The first kappa shape index (κ1) is 36.1. The van der Waals surface area contributed by atoms with Crippen molar-refractivity contribution in [1.29, 1.82) is 5.41 Å². The fraction of sp³-hybridized carbons (Fsp3) is 0.200. The Kier molecular flexibility index (Phi) is 11.5. The Hall–Kier alpha value is -6.33. The normalized spacial score (nSPS) is 11.4. The highest BCUT2D eigenvalue weighted by molar-refractivity contribution is 5.96. The van der Waals surface area contributed by atoms with Crippen LogP contribution in [-0.2, 0) is 9.59 Å². The van der Waals surface area contributed by atoms with Gasteiger partial charge >= 0.3 is 17.8 Å². The zero-order valence-corrected chi connectivity index (χ0v) is 25.7. The summed E-state index contributed by atoms with van der Waals surface area (Å²) in [5.41, 5.74) is 12.7. The van der Waals surface area contributed by atoms with E-state index in [1.165, 1.54) is 18.1 Å². The molecule has 0 radical (unpaired) electrons. The fourth-order valence-corrected chi connectivity index (χ4v) is 3.97. The summed E-state index contributed by atoms with van der Waals surface area (Å²) in [5, 5.41) is 22.6. The van der Waals surface area contributed by atoms with Gasteiger partial charge in [-0.25, -0.2) is 9.59 Å². The molecule has 1 aromatic heterocycles. The minimum Gasteiger partial charge on any atom is -0.493 e. The van der Waals surface area contributed by atoms with E-state index in [2.05, 4.69) is 15.4 Å². The van der Waals surface area contributed by atoms with Crippen LogP contribution in [-0.4, -0.2) is 82.4 Å². The summed E-state index contributed by atoms with van der Waals surface area (Å²) in [4.78, 5) is 50.2. The lowest BCUT2D eigenvalue weighted by Crippen LogP contribution is -2.27. The number of amides is 2. The van der Waals surface area contributed by atoms with Crippen LogP contribution in [0.5, 0.6) is 11.5 Å². The number of hydrogen-bond donors (Lipinski definition) is 6. The SMILES string of the molecule is COc1cc(C(Nc2ccc(C(=N)N)cc2)c2nn(-c3ccccc3C(N)=O)c(=O)[nH]2)ccc1OCC(=O)N(C)C.O=C(O)C(F)(F)F. The summed E-state index contributed by atoms with van der Waals surface area (Å²) in [6, 6.07) is 17.6. The first-order valence-corrected chi connectivity index (χ1v) is 13.6. The van der Waals surface area contributed by atoms with E-state index in [4.69, 9.17) is 36.3 Å². The number of carboxylic acid groups (broad SMARTS) is 1. The summed E-state index contributed by atoms with van der Waals surface area (Å²) < 4.78 is 44.0. The van der Waals surface area contributed by atoms with Crippen LogP contribution in [0.15, 0.2) is 71.5 Å². The number of amidine groups is 1. The van der Waals surface area contributed by atoms with Crippen molar-refractivity contribution >= 4 is 29.3 Å². The van der Waals surface area contributed by atoms with Gasteiger partial charge in [-0.05, 0) is 54.1 Å². The average molecular weight is 673 g/mol. The van der Waals surface area contributed by atoms with Gasteiger partial charge in [0, 0.05) is 25.3 Å². The second-order valence-electron chi connectivity index (χ2n) is 9.97. The lowest BCUT2D eigenvalue weighted by atomic mass is 10.0. The number of alkyl halides is 3. The molecule has 15 nitrogen and oxygen atoms in total. The maximum absolute atomic E-state index is 13.1. The molecule has 0 bridgehead atoms. The van der Waals surface area contributed by atoms with Crippen molar-refractivity contribution in [1.82, 2.24) is 19.7 Å². The van der Waals surface area contributed by atoms with Gasteiger partial charge in [-0.15, -0.1) is 5.10 Å². The molecule has 18 heteroatoms. The largest absolute Gasteiger partial charge is 0.493 e. The highest BCUT2D eigenvalue weighted by Crippen LogP contribution is 2.33. The van der Waals surface area contributed by atoms with Crippen molar-refractivity contribution in [3.8, 4) is 17.2 Å². The van der Waals surface area contributed by atoms with E-state index in [9.17, 15) is 27.6 Å². The Morgan fingerprint density at radius 1 is 1.06 bits per heavy atom. The number of aromatic amines is 1. The molecule has 0 saturated heterocycles. The van der Waals surface area contributed by atoms with E-state index in [0.29, 0.717) is 28.3 Å². The molecule has 0 saturated carbocycles. The maximum Gasteiger partial charge on any atom is 0.490 e. The van der Waals surface area contributed by atoms with Crippen LogP contribution in [0, 0.1) is 5.41 Å². The number of likely N-dealkylation sites (N-methyl/N-ethyl adjacent to an activating group) is 1. The molecule has 1 heterocycles. The van der Waals surface area contributed by atoms with Gasteiger partial charge in [0.05, 0.1) is 18.4 Å². The topological polar surface area (TPSA) is 232 Å². The second-order valence-corrected chi connectivity index (χ2v) is 9.97. The number of H-pyrrole nitrogens is 1. The summed E-state index contributed by atoms with van der Waals surface area (Å²) in [6.45, 7) is -0.177. The van der Waals surface area contributed by atoms with Crippen LogP contribution in [0.4, 0.5) is 18.9 Å². The lowest BCUT2D eigenvalue weighted by Gasteiger charge is -2.20. The van der Waals surface area contributed by atoms with Crippen molar-refractivity contribution in [3.63, 3.8) is 0 Å². The predicted molar refractivity (Wildman–Crippen MR) is 167 cm³/mol. The molecule has 0 aliphatic heterocycles. The average Bonchev–Trinajstić information content (AvgIpc) is 3.43. The fourth-order valence-electron chi connectivity index (χ4n) is 3.97. The highest BCUT2D eigenvalue weighted by Gasteiger charge is 2.38. The molecular weight excluding hydrogens is 641 g/mol. The number of halogens is 3. The van der Waals surface area contributed by atoms with Crippen LogP contribution < -0.4 is 31.9 Å². The molecule has 254 valence electrons. The molecule has 1 unspecified atom stereocenters. The number of primary amides is 1. The van der Waals surface area contributed by atoms with Gasteiger partial charge in [0.25, 0.3) is 11.8 Å². The third kappa shape index (κ3) is 9.12. The van der Waals surface area contributed by atoms with Crippen molar-refractivity contribution in [3.05, 3.63) is 99.7 Å². The van der Waals surface area contributed by atoms with Gasteiger partial charge in [0.2, 0.25) is 0 Å². The molecule has 0 aliphatic carbocycles. The summed E-state index contributed by atoms with van der Waals surface area (Å²) in [7, 11) is 4.74. The van der Waals surface area contributed by atoms with Crippen LogP contribution in [0.25, 0.3) is 5.69 Å². The van der Waals surface area contributed by atoms with Gasteiger partial charge in [-0.2, -0.15) is 17.9 Å². The maximum atomic E-state index is 13.1. The summed E-state index contributed by atoms with van der Waals surface area (Å²) in [5.74, 6) is -2.82. The number of nitrogens with zero attached hydrogens (tertiary/aromatic N) is 3. The number of hydrogen-bond acceptors (Lipinski definition) is 9. The van der Waals surface area contributed by atoms with E-state index in [1.807, 2.05) is 0 Å². The number of rotatable bonds is 11. The number of para-hydroxylation sites is 1. The quantitative estimate of drug-likeness (QED) is 0.100. The molecule has 0 fully saturated rings. The first-order valence-electron chi connectivity index (χ1n) is 13.6.